The Balaban J connectivity index is 2.71. The normalized spacial score (nSPS) is 12.0. The molecule has 0 saturated carbocycles. The lowest BCUT2D eigenvalue weighted by Gasteiger charge is -2.08. The first-order valence-electron chi connectivity index (χ1n) is 4.71. The minimum Gasteiger partial charge on any atom is -0.325 e. The van der Waals surface area contributed by atoms with E-state index in [1.54, 1.807) is 0 Å². The van der Waals surface area contributed by atoms with Gasteiger partial charge in [-0.1, -0.05) is 0 Å². The van der Waals surface area contributed by atoms with Crippen LogP contribution in [-0.2, 0) is 12.7 Å². The number of aromatic nitrogens is 2. The number of hydrogen-bond acceptors (Lipinski definition) is 3. The van der Waals surface area contributed by atoms with Gasteiger partial charge in [0, 0.05) is 18.8 Å². The van der Waals surface area contributed by atoms with Gasteiger partial charge in [0.25, 0.3) is 5.56 Å². The van der Waals surface area contributed by atoms with Crippen molar-refractivity contribution >= 4 is 5.65 Å². The molecule has 0 atom stereocenters. The van der Waals surface area contributed by atoms with Crippen LogP contribution in [0.25, 0.3) is 5.65 Å². The van der Waals surface area contributed by atoms with Crippen LogP contribution in [0.2, 0.25) is 0 Å². The van der Waals surface area contributed by atoms with Crippen molar-refractivity contribution in [2.45, 2.75) is 12.7 Å². The van der Waals surface area contributed by atoms with E-state index in [9.17, 15) is 18.0 Å². The van der Waals surface area contributed by atoms with Crippen LogP contribution in [0, 0.1) is 0 Å². The second kappa shape index (κ2) is 3.85. The molecule has 2 N–H and O–H groups in total. The van der Waals surface area contributed by atoms with E-state index in [0.29, 0.717) is 5.69 Å². The van der Waals surface area contributed by atoms with Crippen LogP contribution in [0.5, 0.6) is 0 Å². The van der Waals surface area contributed by atoms with Crippen molar-refractivity contribution < 1.29 is 13.2 Å². The molecule has 2 heterocycles. The number of nitrogens with zero attached hydrogens (tertiary/aromatic N) is 2. The van der Waals surface area contributed by atoms with Crippen molar-refractivity contribution in [3.05, 3.63) is 46.0 Å². The van der Waals surface area contributed by atoms with Gasteiger partial charge in [0.1, 0.15) is 5.65 Å². The van der Waals surface area contributed by atoms with Crippen LogP contribution >= 0.6 is 0 Å². The van der Waals surface area contributed by atoms with Gasteiger partial charge in [0.05, 0.1) is 11.3 Å². The molecule has 17 heavy (non-hydrogen) atoms. The van der Waals surface area contributed by atoms with Gasteiger partial charge in [-0.3, -0.25) is 9.20 Å². The summed E-state index contributed by atoms with van der Waals surface area (Å²) in [5.41, 5.74) is 4.33. The van der Waals surface area contributed by atoms with E-state index in [0.717, 1.165) is 28.8 Å². The Bertz CT molecular complexity index is 618. The van der Waals surface area contributed by atoms with E-state index in [1.165, 1.54) is 0 Å². The summed E-state index contributed by atoms with van der Waals surface area (Å²) >= 11 is 0. The van der Waals surface area contributed by atoms with E-state index in [2.05, 4.69) is 4.98 Å². The van der Waals surface area contributed by atoms with Crippen LogP contribution in [0.4, 0.5) is 13.2 Å². The zero-order valence-corrected chi connectivity index (χ0v) is 8.53. The van der Waals surface area contributed by atoms with Crippen molar-refractivity contribution in [1.29, 1.82) is 0 Å². The molecule has 0 aromatic carbocycles. The fourth-order valence-electron chi connectivity index (χ4n) is 1.42. The van der Waals surface area contributed by atoms with E-state index in [4.69, 9.17) is 5.73 Å². The number of alkyl halides is 3. The summed E-state index contributed by atoms with van der Waals surface area (Å²) in [7, 11) is 0. The Morgan fingerprint density at radius 1 is 1.35 bits per heavy atom. The van der Waals surface area contributed by atoms with Crippen molar-refractivity contribution in [2.24, 2.45) is 5.73 Å². The van der Waals surface area contributed by atoms with Gasteiger partial charge in [-0.05, 0) is 12.1 Å². The second-order valence-corrected chi connectivity index (χ2v) is 3.43. The third kappa shape index (κ3) is 2.14. The molecule has 4 nitrogen and oxygen atoms in total. The molecule has 2 aromatic heterocycles. The van der Waals surface area contributed by atoms with Gasteiger partial charge in [0.2, 0.25) is 0 Å². The maximum Gasteiger partial charge on any atom is 0.417 e. The average Bonchev–Trinajstić information content (AvgIpc) is 2.27. The van der Waals surface area contributed by atoms with Crippen LogP contribution in [0.1, 0.15) is 11.3 Å². The Morgan fingerprint density at radius 2 is 2.06 bits per heavy atom. The molecule has 0 fully saturated rings. The minimum atomic E-state index is -4.49. The molecule has 2 aromatic rings. The summed E-state index contributed by atoms with van der Waals surface area (Å²) in [4.78, 5) is 15.5. The fraction of sp³-hybridized carbons (Fsp3) is 0.200. The molecule has 0 aliphatic carbocycles. The van der Waals surface area contributed by atoms with Crippen LogP contribution in [0.15, 0.2) is 29.2 Å². The standard InChI is InChI=1S/C10H8F3N3O/c11-10(12,13)6-1-2-8-15-7(4-14)3-9(17)16(8)5-6/h1-3,5H,4,14H2. The summed E-state index contributed by atoms with van der Waals surface area (Å²) in [6, 6.07) is 3.14. The van der Waals surface area contributed by atoms with Gasteiger partial charge in [-0.25, -0.2) is 4.98 Å². The Hall–Kier alpha value is -1.89. The first-order chi connectivity index (χ1) is 7.91. The number of halogens is 3. The molecule has 0 amide bonds. The van der Waals surface area contributed by atoms with Gasteiger partial charge in [0.15, 0.2) is 0 Å². The predicted octanol–water partition coefficient (Wildman–Crippen LogP) is 1.17. The lowest BCUT2D eigenvalue weighted by atomic mass is 10.2. The molecule has 0 saturated heterocycles. The molecule has 2 rings (SSSR count). The quantitative estimate of drug-likeness (QED) is 0.817. The van der Waals surface area contributed by atoms with Crippen LogP contribution in [-0.4, -0.2) is 9.38 Å². The second-order valence-electron chi connectivity index (χ2n) is 3.43. The van der Waals surface area contributed by atoms with E-state index < -0.39 is 17.3 Å². The smallest absolute Gasteiger partial charge is 0.325 e. The highest BCUT2D eigenvalue weighted by atomic mass is 19.4. The van der Waals surface area contributed by atoms with Crippen molar-refractivity contribution in [2.75, 3.05) is 0 Å². The molecular formula is C10H8F3N3O. The van der Waals surface area contributed by atoms with Gasteiger partial charge >= 0.3 is 6.18 Å². The summed E-state index contributed by atoms with van der Waals surface area (Å²) < 4.78 is 38.2. The molecule has 0 unspecified atom stereocenters. The van der Waals surface area contributed by atoms with Crippen molar-refractivity contribution in [1.82, 2.24) is 9.38 Å². The third-order valence-electron chi connectivity index (χ3n) is 2.25. The van der Waals surface area contributed by atoms with Gasteiger partial charge in [-0.2, -0.15) is 13.2 Å². The van der Waals surface area contributed by atoms with E-state index in [-0.39, 0.29) is 12.2 Å². The van der Waals surface area contributed by atoms with Crippen molar-refractivity contribution in [3.63, 3.8) is 0 Å². The monoisotopic (exact) mass is 243 g/mol. The number of pyridine rings is 1. The highest BCUT2D eigenvalue weighted by Crippen LogP contribution is 2.28. The first kappa shape index (κ1) is 11.6. The molecule has 0 aliphatic rings. The number of rotatable bonds is 1. The topological polar surface area (TPSA) is 60.4 Å². The fourth-order valence-corrected chi connectivity index (χ4v) is 1.42. The summed E-state index contributed by atoms with van der Waals surface area (Å²) in [6.45, 7) is 0.0623. The summed E-state index contributed by atoms with van der Waals surface area (Å²) in [6.07, 6.45) is -3.76. The van der Waals surface area contributed by atoms with Crippen molar-refractivity contribution in [3.8, 4) is 0 Å². The number of fused-ring (bicyclic) bond motifs is 1. The SMILES string of the molecule is NCc1cc(=O)n2cc(C(F)(F)F)ccc2n1. The predicted molar refractivity (Wildman–Crippen MR) is 54.4 cm³/mol. The summed E-state index contributed by atoms with van der Waals surface area (Å²) in [5.74, 6) is 0. The van der Waals surface area contributed by atoms with Gasteiger partial charge in [-0.15, -0.1) is 0 Å². The molecule has 0 spiro atoms. The Morgan fingerprint density at radius 3 is 2.65 bits per heavy atom. The molecule has 0 radical (unpaired) electrons. The number of hydrogen-bond donors (Lipinski definition) is 1. The highest BCUT2D eigenvalue weighted by Gasteiger charge is 2.30. The number of nitrogens with two attached hydrogens (primary N) is 1. The molecule has 7 heteroatoms. The summed E-state index contributed by atoms with van der Waals surface area (Å²) in [5, 5.41) is 0. The zero-order chi connectivity index (χ0) is 12.6. The highest BCUT2D eigenvalue weighted by molar-refractivity contribution is 5.40. The first-order valence-corrected chi connectivity index (χ1v) is 4.71. The lowest BCUT2D eigenvalue weighted by molar-refractivity contribution is -0.137. The molecular weight excluding hydrogens is 235 g/mol. The third-order valence-corrected chi connectivity index (χ3v) is 2.25. The maximum atomic E-state index is 12.4. The van der Waals surface area contributed by atoms with Crippen LogP contribution in [0.3, 0.4) is 0 Å². The maximum absolute atomic E-state index is 12.4. The largest absolute Gasteiger partial charge is 0.417 e. The zero-order valence-electron chi connectivity index (χ0n) is 8.53. The molecule has 0 bridgehead atoms. The van der Waals surface area contributed by atoms with E-state index in [1.807, 2.05) is 0 Å². The minimum absolute atomic E-state index is 0.0623. The lowest BCUT2D eigenvalue weighted by Crippen LogP contribution is -2.18. The van der Waals surface area contributed by atoms with Crippen LogP contribution < -0.4 is 11.3 Å². The van der Waals surface area contributed by atoms with Gasteiger partial charge < -0.3 is 5.73 Å². The molecule has 0 aliphatic heterocycles. The Labute approximate surface area is 93.5 Å². The molecule has 90 valence electrons. The average molecular weight is 243 g/mol. The Kier molecular flexibility index (Phi) is 2.62. The van der Waals surface area contributed by atoms with E-state index >= 15 is 0 Å².